The molecule has 1 aromatic carbocycles. The number of hydrogen-bond acceptors (Lipinski definition) is 4. The Morgan fingerprint density at radius 3 is 2.80 bits per heavy atom. The number of ether oxygens (including phenoxy) is 2. The van der Waals surface area contributed by atoms with Crippen LogP contribution in [-0.4, -0.2) is 49.0 Å². The van der Waals surface area contributed by atoms with Gasteiger partial charge in [-0.25, -0.2) is 0 Å². The summed E-state index contributed by atoms with van der Waals surface area (Å²) in [6, 6.07) is 6.21. The van der Waals surface area contributed by atoms with Crippen LogP contribution in [0.1, 0.15) is 30.6 Å². The molecule has 0 aromatic heterocycles. The van der Waals surface area contributed by atoms with Crippen LogP contribution in [0.25, 0.3) is 0 Å². The molecule has 0 spiro atoms. The highest BCUT2D eigenvalue weighted by atomic mass is 16.5. The van der Waals surface area contributed by atoms with E-state index in [9.17, 15) is 5.11 Å². The third kappa shape index (κ3) is 2.82. The van der Waals surface area contributed by atoms with Gasteiger partial charge < -0.3 is 14.6 Å². The highest BCUT2D eigenvalue weighted by Crippen LogP contribution is 2.30. The van der Waals surface area contributed by atoms with Crippen molar-refractivity contribution in [3.05, 3.63) is 29.3 Å². The molecule has 2 atom stereocenters. The first-order chi connectivity index (χ1) is 9.75. The third-order valence-corrected chi connectivity index (χ3v) is 4.35. The molecule has 1 saturated heterocycles. The van der Waals surface area contributed by atoms with E-state index in [1.165, 1.54) is 5.56 Å². The van der Waals surface area contributed by atoms with E-state index in [1.54, 1.807) is 0 Å². The topological polar surface area (TPSA) is 41.9 Å². The first kappa shape index (κ1) is 13.9. The maximum absolute atomic E-state index is 10.6. The van der Waals surface area contributed by atoms with Crippen molar-refractivity contribution in [2.75, 3.05) is 32.9 Å². The second-order valence-corrected chi connectivity index (χ2v) is 5.65. The first-order valence-corrected chi connectivity index (χ1v) is 7.51. The minimum atomic E-state index is -0.458. The van der Waals surface area contributed by atoms with Crippen molar-refractivity contribution in [1.82, 2.24) is 4.90 Å². The summed E-state index contributed by atoms with van der Waals surface area (Å²) in [5.74, 6) is 0.978. The van der Waals surface area contributed by atoms with E-state index in [-0.39, 0.29) is 6.04 Å². The second kappa shape index (κ2) is 6.12. The van der Waals surface area contributed by atoms with Gasteiger partial charge >= 0.3 is 0 Å². The molecule has 20 heavy (non-hydrogen) atoms. The maximum atomic E-state index is 10.6. The Labute approximate surface area is 120 Å². The number of aliphatic hydroxyl groups is 1. The van der Waals surface area contributed by atoms with E-state index < -0.39 is 6.10 Å². The van der Waals surface area contributed by atoms with Gasteiger partial charge in [-0.15, -0.1) is 0 Å². The SMILES string of the molecule is C[C@H]([C@@H](O)c1ccc2c(c1)CCCO2)N1CCOCC1. The van der Waals surface area contributed by atoms with E-state index in [2.05, 4.69) is 17.9 Å². The Kier molecular flexibility index (Phi) is 4.24. The van der Waals surface area contributed by atoms with E-state index in [4.69, 9.17) is 9.47 Å². The van der Waals surface area contributed by atoms with Crippen LogP contribution >= 0.6 is 0 Å². The van der Waals surface area contributed by atoms with Crippen molar-refractivity contribution >= 4 is 0 Å². The zero-order valence-corrected chi connectivity index (χ0v) is 12.0. The lowest BCUT2D eigenvalue weighted by Gasteiger charge is -2.35. The zero-order chi connectivity index (χ0) is 13.9. The molecular weight excluding hydrogens is 254 g/mol. The Morgan fingerprint density at radius 2 is 2.00 bits per heavy atom. The molecule has 2 aliphatic rings. The van der Waals surface area contributed by atoms with Gasteiger partial charge in [-0.05, 0) is 43.0 Å². The van der Waals surface area contributed by atoms with Gasteiger partial charge in [0.2, 0.25) is 0 Å². The lowest BCUT2D eigenvalue weighted by atomic mass is 9.97. The Morgan fingerprint density at radius 1 is 1.20 bits per heavy atom. The fraction of sp³-hybridized carbons (Fsp3) is 0.625. The molecule has 3 rings (SSSR count). The largest absolute Gasteiger partial charge is 0.493 e. The molecule has 110 valence electrons. The average Bonchev–Trinajstić information content (AvgIpc) is 2.54. The number of hydrogen-bond donors (Lipinski definition) is 1. The number of nitrogens with zero attached hydrogens (tertiary/aromatic N) is 1. The van der Waals surface area contributed by atoms with Crippen molar-refractivity contribution in [3.63, 3.8) is 0 Å². The van der Waals surface area contributed by atoms with Gasteiger partial charge in [-0.1, -0.05) is 6.07 Å². The molecule has 0 bridgehead atoms. The normalized spacial score (nSPS) is 22.7. The molecule has 0 unspecified atom stereocenters. The average molecular weight is 277 g/mol. The smallest absolute Gasteiger partial charge is 0.122 e. The molecule has 2 aliphatic heterocycles. The van der Waals surface area contributed by atoms with Crippen LogP contribution in [-0.2, 0) is 11.2 Å². The number of benzene rings is 1. The highest BCUT2D eigenvalue weighted by Gasteiger charge is 2.25. The fourth-order valence-electron chi connectivity index (χ4n) is 3.03. The summed E-state index contributed by atoms with van der Waals surface area (Å²) >= 11 is 0. The molecule has 0 amide bonds. The number of rotatable bonds is 3. The lowest BCUT2D eigenvalue weighted by Crippen LogP contribution is -2.44. The van der Waals surface area contributed by atoms with Gasteiger partial charge in [0.25, 0.3) is 0 Å². The Bertz CT molecular complexity index is 457. The van der Waals surface area contributed by atoms with Crippen molar-refractivity contribution in [3.8, 4) is 5.75 Å². The lowest BCUT2D eigenvalue weighted by molar-refractivity contribution is -0.0166. The zero-order valence-electron chi connectivity index (χ0n) is 12.0. The van der Waals surface area contributed by atoms with Crippen LogP contribution in [0.5, 0.6) is 5.75 Å². The minimum Gasteiger partial charge on any atom is -0.493 e. The maximum Gasteiger partial charge on any atom is 0.122 e. The van der Waals surface area contributed by atoms with E-state index in [0.717, 1.165) is 57.1 Å². The Balaban J connectivity index is 1.74. The van der Waals surface area contributed by atoms with Crippen LogP contribution in [0, 0.1) is 0 Å². The summed E-state index contributed by atoms with van der Waals surface area (Å²) in [7, 11) is 0. The van der Waals surface area contributed by atoms with Gasteiger partial charge in [0.15, 0.2) is 0 Å². The summed E-state index contributed by atoms with van der Waals surface area (Å²) < 4.78 is 11.0. The minimum absolute atomic E-state index is 0.112. The molecule has 0 radical (unpaired) electrons. The van der Waals surface area contributed by atoms with Crippen LogP contribution in [0.2, 0.25) is 0 Å². The van der Waals surface area contributed by atoms with Crippen molar-refractivity contribution in [2.24, 2.45) is 0 Å². The molecular formula is C16H23NO3. The quantitative estimate of drug-likeness (QED) is 0.914. The van der Waals surface area contributed by atoms with Crippen LogP contribution in [0.3, 0.4) is 0 Å². The summed E-state index contributed by atoms with van der Waals surface area (Å²) in [6.07, 6.45) is 1.65. The van der Waals surface area contributed by atoms with Crippen molar-refractivity contribution < 1.29 is 14.6 Å². The monoisotopic (exact) mass is 277 g/mol. The second-order valence-electron chi connectivity index (χ2n) is 5.65. The van der Waals surface area contributed by atoms with Gasteiger partial charge in [-0.3, -0.25) is 4.90 Å². The first-order valence-electron chi connectivity index (χ1n) is 7.51. The molecule has 4 nitrogen and oxygen atoms in total. The number of aliphatic hydroxyl groups excluding tert-OH is 1. The van der Waals surface area contributed by atoms with Crippen LogP contribution in [0.15, 0.2) is 18.2 Å². The number of fused-ring (bicyclic) bond motifs is 1. The van der Waals surface area contributed by atoms with Gasteiger partial charge in [0, 0.05) is 19.1 Å². The molecule has 4 heteroatoms. The predicted molar refractivity (Wildman–Crippen MR) is 77.1 cm³/mol. The van der Waals surface area contributed by atoms with Crippen molar-refractivity contribution in [2.45, 2.75) is 31.9 Å². The molecule has 2 heterocycles. The molecule has 1 aromatic rings. The fourth-order valence-corrected chi connectivity index (χ4v) is 3.03. The van der Waals surface area contributed by atoms with Gasteiger partial charge in [-0.2, -0.15) is 0 Å². The van der Waals surface area contributed by atoms with Gasteiger partial charge in [0.1, 0.15) is 5.75 Å². The summed E-state index contributed by atoms with van der Waals surface area (Å²) in [4.78, 5) is 2.30. The Hall–Kier alpha value is -1.10. The van der Waals surface area contributed by atoms with E-state index in [0.29, 0.717) is 0 Å². The molecule has 0 aliphatic carbocycles. The number of morpholine rings is 1. The predicted octanol–water partition coefficient (Wildman–Crippen LogP) is 1.77. The summed E-state index contributed by atoms with van der Waals surface area (Å²) in [5.41, 5.74) is 2.22. The highest BCUT2D eigenvalue weighted by molar-refractivity contribution is 5.39. The van der Waals surface area contributed by atoms with E-state index >= 15 is 0 Å². The summed E-state index contributed by atoms with van der Waals surface area (Å²) in [5, 5.41) is 10.6. The van der Waals surface area contributed by atoms with Crippen molar-refractivity contribution in [1.29, 1.82) is 0 Å². The van der Waals surface area contributed by atoms with Crippen LogP contribution < -0.4 is 4.74 Å². The van der Waals surface area contributed by atoms with E-state index in [1.807, 2.05) is 12.1 Å². The summed E-state index contributed by atoms with van der Waals surface area (Å²) in [6.45, 7) is 6.20. The molecule has 0 saturated carbocycles. The van der Waals surface area contributed by atoms with Gasteiger partial charge in [0.05, 0.1) is 25.9 Å². The molecule has 1 N–H and O–H groups in total. The van der Waals surface area contributed by atoms with Crippen LogP contribution in [0.4, 0.5) is 0 Å². The number of aryl methyl sites for hydroxylation is 1. The molecule has 1 fully saturated rings. The standard InChI is InChI=1S/C16H23NO3/c1-12(17-6-9-19-10-7-17)16(18)14-4-5-15-13(11-14)3-2-8-20-15/h4-5,11-12,16,18H,2-3,6-10H2,1H3/t12-,16-/m1/s1. The third-order valence-electron chi connectivity index (χ3n) is 4.35.